The molecule has 64 heavy (non-hydrogen) atoms. The molecule has 4 fully saturated rings. The standard InChI is InChI=1S/C47H56FN11O5/c1-27-17-31-19-39(50-27)36-22-49-55(3)46(36)64-25-30-6-5-29(18-30)23-59-41-20-33(7-9-38(41)52-47(59)54-44(31)61)57-15-16-58(34(24-57)26-63-4)32-11-13-56(14-12-32)40-21-37(48)43(51-28(40)2)35-8-10-42(60)53-45(35)62/h7,9,17,19-22,29-30,32,34-35H,5-6,8,10-16,18,23-26H2,1-4H3,(H,52,54,61)(H,53,60,62)/t29-,30+,34-,35?/m1/s1. The Morgan fingerprint density at radius 1 is 0.891 bits per heavy atom. The number of halogens is 1. The van der Waals surface area contributed by atoms with E-state index in [0.29, 0.717) is 59.9 Å². The summed E-state index contributed by atoms with van der Waals surface area (Å²) in [7, 11) is 3.63. The van der Waals surface area contributed by atoms with Crippen LogP contribution in [0, 0.1) is 31.5 Å². The van der Waals surface area contributed by atoms with Gasteiger partial charge in [0.15, 0.2) is 0 Å². The van der Waals surface area contributed by atoms with Crippen LogP contribution in [0.15, 0.2) is 42.6 Å². The van der Waals surface area contributed by atoms with Gasteiger partial charge in [-0.3, -0.25) is 39.9 Å². The number of carbonyl (C=O) groups excluding carboxylic acids is 3. The first-order chi connectivity index (χ1) is 31.0. The van der Waals surface area contributed by atoms with Gasteiger partial charge in [-0.05, 0) is 94.5 Å². The lowest BCUT2D eigenvalue weighted by Crippen LogP contribution is -2.60. The summed E-state index contributed by atoms with van der Waals surface area (Å²) >= 11 is 0. The summed E-state index contributed by atoms with van der Waals surface area (Å²) in [5, 5.41) is 9.98. The van der Waals surface area contributed by atoms with Crippen molar-refractivity contribution < 1.29 is 28.2 Å². The van der Waals surface area contributed by atoms with Crippen molar-refractivity contribution in [1.29, 1.82) is 0 Å². The maximum Gasteiger partial charge on any atom is 0.258 e. The van der Waals surface area contributed by atoms with E-state index in [-0.39, 0.29) is 36.4 Å². The second-order valence-corrected chi connectivity index (χ2v) is 18.4. The zero-order chi connectivity index (χ0) is 44.2. The van der Waals surface area contributed by atoms with Crippen LogP contribution in [-0.2, 0) is 27.9 Å². The molecular weight excluding hydrogens is 818 g/mol. The molecule has 5 aromatic rings. The van der Waals surface area contributed by atoms with Crippen LogP contribution in [0.1, 0.15) is 78.3 Å². The number of aromatic nitrogens is 6. The molecule has 2 N–H and O–H groups in total. The summed E-state index contributed by atoms with van der Waals surface area (Å²) in [5.74, 6) is -0.355. The molecule has 4 atom stereocenters. The fourth-order valence-corrected chi connectivity index (χ4v) is 10.9. The second kappa shape index (κ2) is 17.2. The minimum absolute atomic E-state index is 0.112. The van der Waals surface area contributed by atoms with Crippen LogP contribution in [0.2, 0.25) is 0 Å². The largest absolute Gasteiger partial charge is 0.477 e. The highest BCUT2D eigenvalue weighted by Crippen LogP contribution is 2.38. The van der Waals surface area contributed by atoms with Crippen LogP contribution in [0.3, 0.4) is 0 Å². The molecule has 17 heteroatoms. The number of rotatable bonds is 6. The lowest BCUT2D eigenvalue weighted by Gasteiger charge is -2.48. The molecule has 3 amide bonds. The highest BCUT2D eigenvalue weighted by atomic mass is 19.1. The first-order valence-electron chi connectivity index (χ1n) is 22.7. The fraction of sp³-hybridized carbons (Fsp3) is 0.511. The lowest BCUT2D eigenvalue weighted by molar-refractivity contribution is -0.134. The minimum Gasteiger partial charge on any atom is -0.477 e. The van der Waals surface area contributed by atoms with E-state index in [1.807, 2.05) is 20.9 Å². The molecule has 5 aliphatic rings. The van der Waals surface area contributed by atoms with E-state index < -0.39 is 17.6 Å². The van der Waals surface area contributed by atoms with Crippen molar-refractivity contribution in [3.8, 4) is 17.1 Å². The zero-order valence-electron chi connectivity index (χ0n) is 37.0. The Hall–Kier alpha value is -5.94. The number of nitrogens with zero attached hydrogens (tertiary/aromatic N) is 9. The predicted molar refractivity (Wildman–Crippen MR) is 239 cm³/mol. The minimum atomic E-state index is -0.764. The van der Waals surface area contributed by atoms with E-state index in [1.54, 1.807) is 30.1 Å². The third-order valence-corrected chi connectivity index (χ3v) is 14.1. The van der Waals surface area contributed by atoms with Crippen LogP contribution in [-0.4, -0.2) is 117 Å². The number of hydrogen-bond donors (Lipinski definition) is 2. The Labute approximate surface area is 371 Å². The number of amides is 3. The van der Waals surface area contributed by atoms with Crippen molar-refractivity contribution in [2.75, 3.05) is 68.2 Å². The molecule has 1 saturated carbocycles. The molecule has 4 aliphatic heterocycles. The van der Waals surface area contributed by atoms with E-state index in [1.165, 1.54) is 6.07 Å². The van der Waals surface area contributed by atoms with Crippen LogP contribution in [0.5, 0.6) is 5.88 Å². The number of anilines is 3. The molecule has 1 unspecified atom stereocenters. The van der Waals surface area contributed by atoms with Crippen molar-refractivity contribution in [2.45, 2.75) is 83.3 Å². The molecule has 0 radical (unpaired) electrons. The number of piperidine rings is 2. The topological polar surface area (TPSA) is 165 Å². The average molecular weight is 874 g/mol. The number of nitrogens with one attached hydrogen (secondary N) is 2. The smallest absolute Gasteiger partial charge is 0.258 e. The molecule has 1 aromatic carbocycles. The van der Waals surface area contributed by atoms with Crippen molar-refractivity contribution in [1.82, 2.24) is 39.5 Å². The zero-order valence-corrected chi connectivity index (χ0v) is 37.0. The molecule has 0 spiro atoms. The summed E-state index contributed by atoms with van der Waals surface area (Å²) in [4.78, 5) is 59.8. The molecule has 4 bridgehead atoms. The van der Waals surface area contributed by atoms with E-state index in [9.17, 15) is 14.4 Å². The quantitative estimate of drug-likeness (QED) is 0.210. The number of fused-ring (bicyclic) bond motifs is 9. The van der Waals surface area contributed by atoms with E-state index in [4.69, 9.17) is 19.4 Å². The third-order valence-electron chi connectivity index (χ3n) is 14.1. The molecule has 3 saturated heterocycles. The normalized spacial score (nSPS) is 23.5. The van der Waals surface area contributed by atoms with Crippen LogP contribution < -0.4 is 25.2 Å². The number of hydrogen-bond acceptors (Lipinski definition) is 12. The summed E-state index contributed by atoms with van der Waals surface area (Å²) in [6, 6.07) is 12.1. The van der Waals surface area contributed by atoms with Gasteiger partial charge in [-0.1, -0.05) is 0 Å². The third kappa shape index (κ3) is 8.08. The van der Waals surface area contributed by atoms with Crippen LogP contribution in [0.25, 0.3) is 22.3 Å². The fourth-order valence-electron chi connectivity index (χ4n) is 10.9. The van der Waals surface area contributed by atoms with Gasteiger partial charge >= 0.3 is 0 Å². The van der Waals surface area contributed by atoms with Crippen molar-refractivity contribution >= 4 is 46.1 Å². The van der Waals surface area contributed by atoms with Gasteiger partial charge in [0.05, 0.1) is 70.7 Å². The van der Waals surface area contributed by atoms with Gasteiger partial charge in [-0.25, -0.2) is 14.1 Å². The van der Waals surface area contributed by atoms with Gasteiger partial charge in [0.1, 0.15) is 5.82 Å². The highest BCUT2D eigenvalue weighted by molar-refractivity contribution is 6.05. The summed E-state index contributed by atoms with van der Waals surface area (Å²) in [6.45, 7) is 9.67. The number of imidazole rings is 1. The molecular formula is C47H56FN11O5. The maximum atomic E-state index is 15.5. The number of pyridine rings is 2. The second-order valence-electron chi connectivity index (χ2n) is 18.4. The van der Waals surface area contributed by atoms with Gasteiger partial charge in [0.25, 0.3) is 5.91 Å². The number of imide groups is 1. The number of methoxy groups -OCH3 is 1. The van der Waals surface area contributed by atoms with Gasteiger partial charge in [0.2, 0.25) is 23.6 Å². The predicted octanol–water partition coefficient (Wildman–Crippen LogP) is 5.37. The Bertz CT molecular complexity index is 2620. The van der Waals surface area contributed by atoms with Gasteiger partial charge in [-0.15, -0.1) is 0 Å². The lowest BCUT2D eigenvalue weighted by atomic mass is 9.93. The molecule has 16 nitrogen and oxygen atoms in total. The molecule has 8 heterocycles. The number of benzene rings is 1. The maximum absolute atomic E-state index is 15.5. The first-order valence-corrected chi connectivity index (χ1v) is 22.7. The van der Waals surface area contributed by atoms with Gasteiger partial charge < -0.3 is 23.8 Å². The molecule has 4 aromatic heterocycles. The number of piperazine rings is 1. The first kappa shape index (κ1) is 42.0. The summed E-state index contributed by atoms with van der Waals surface area (Å²) < 4.78 is 31.8. The van der Waals surface area contributed by atoms with Gasteiger partial charge in [-0.2, -0.15) is 5.10 Å². The van der Waals surface area contributed by atoms with Crippen LogP contribution >= 0.6 is 0 Å². The number of ether oxygens (including phenoxy) is 2. The summed E-state index contributed by atoms with van der Waals surface area (Å²) in [5.41, 5.74) is 7.09. The molecule has 1 aliphatic carbocycles. The van der Waals surface area contributed by atoms with Crippen molar-refractivity contribution in [2.24, 2.45) is 18.9 Å². The number of aryl methyl sites for hydroxylation is 3. The highest BCUT2D eigenvalue weighted by Gasteiger charge is 2.37. The van der Waals surface area contributed by atoms with E-state index >= 15 is 4.39 Å². The summed E-state index contributed by atoms with van der Waals surface area (Å²) in [6.07, 6.45) is 7.14. The Morgan fingerprint density at radius 3 is 2.53 bits per heavy atom. The average Bonchev–Trinajstić information content (AvgIpc) is 3.99. The SMILES string of the molecule is COC[C@H]1CN(c2ccc3nc4n(c3c2)C[C@@H]2CC[C@H](COc3c(cnn3C)-c3cc(cc(C)n3)C(=O)N4)C2)CCN1C1CCN(c2cc(F)c(C3CCC(=O)NC3=O)nc2C)CC1. The number of carbonyl (C=O) groups is 3. The van der Waals surface area contributed by atoms with E-state index in [0.717, 1.165) is 105 Å². The van der Waals surface area contributed by atoms with Crippen LogP contribution in [0.4, 0.5) is 21.7 Å². The van der Waals surface area contributed by atoms with Crippen molar-refractivity contribution in [3.63, 3.8) is 0 Å². The van der Waals surface area contributed by atoms with Gasteiger partial charge in [0, 0.05) is 88.9 Å². The van der Waals surface area contributed by atoms with E-state index in [2.05, 4.69) is 58.2 Å². The molecule has 10 rings (SSSR count). The Balaban J connectivity index is 0.860. The van der Waals surface area contributed by atoms with Crippen molar-refractivity contribution in [3.05, 3.63) is 71.1 Å². The monoisotopic (exact) mass is 873 g/mol. The Morgan fingerprint density at radius 2 is 1.72 bits per heavy atom. The Kier molecular flexibility index (Phi) is 11.3. The molecule has 336 valence electrons.